The van der Waals surface area contributed by atoms with Gasteiger partial charge in [0.05, 0.1) is 10.9 Å². The van der Waals surface area contributed by atoms with E-state index in [1.807, 2.05) is 55.5 Å². The largest absolute Gasteiger partial charge is 0.456 e. The van der Waals surface area contributed by atoms with Crippen LogP contribution in [-0.2, 0) is 14.4 Å². The summed E-state index contributed by atoms with van der Waals surface area (Å²) in [4.78, 5) is 49.5. The SMILES string of the molecule is CCN=c1ccc2c(-c3ccccc3C(=O)ON3C(=O)CCC3=O)c3ccc(N(CC)CC)cc3oc-2c1. The number of nitrogens with zero attached hydrogens (tertiary/aromatic N) is 3. The first-order valence-corrected chi connectivity index (χ1v) is 12.9. The number of anilines is 1. The van der Waals surface area contributed by atoms with Crippen molar-refractivity contribution in [3.8, 4) is 22.5 Å². The van der Waals surface area contributed by atoms with Crippen LogP contribution in [-0.4, -0.2) is 42.5 Å². The third kappa shape index (κ3) is 4.53. The Morgan fingerprint density at radius 2 is 1.68 bits per heavy atom. The van der Waals surface area contributed by atoms with E-state index >= 15 is 0 Å². The van der Waals surface area contributed by atoms with Crippen molar-refractivity contribution in [1.29, 1.82) is 0 Å². The summed E-state index contributed by atoms with van der Waals surface area (Å²) in [6.07, 6.45) is 0.0620. The van der Waals surface area contributed by atoms with E-state index in [0.717, 1.165) is 40.6 Å². The van der Waals surface area contributed by atoms with Crippen molar-refractivity contribution in [2.75, 3.05) is 24.5 Å². The number of carbonyl (C=O) groups is 3. The lowest BCUT2D eigenvalue weighted by Crippen LogP contribution is -2.32. The Balaban J connectivity index is 1.73. The molecule has 2 aromatic rings. The lowest BCUT2D eigenvalue weighted by atomic mass is 9.90. The van der Waals surface area contributed by atoms with Gasteiger partial charge in [0.1, 0.15) is 11.3 Å². The molecule has 5 rings (SSSR count). The Labute approximate surface area is 220 Å². The summed E-state index contributed by atoms with van der Waals surface area (Å²) in [7, 11) is 0. The van der Waals surface area contributed by atoms with Crippen LogP contribution < -0.4 is 10.3 Å². The minimum atomic E-state index is -0.774. The molecule has 1 aliphatic carbocycles. The number of hydrogen-bond acceptors (Lipinski definition) is 7. The molecule has 8 heteroatoms. The average molecular weight is 512 g/mol. The second-order valence-electron chi connectivity index (χ2n) is 8.99. The summed E-state index contributed by atoms with van der Waals surface area (Å²) in [6.45, 7) is 8.52. The van der Waals surface area contributed by atoms with Gasteiger partial charge in [-0.05, 0) is 56.7 Å². The minimum absolute atomic E-state index is 0.0310. The molecular formula is C30H29N3O5. The predicted molar refractivity (Wildman–Crippen MR) is 144 cm³/mol. The third-order valence-electron chi connectivity index (χ3n) is 6.75. The Kier molecular flexibility index (Phi) is 6.96. The van der Waals surface area contributed by atoms with Gasteiger partial charge < -0.3 is 14.2 Å². The van der Waals surface area contributed by atoms with Gasteiger partial charge in [-0.15, -0.1) is 5.06 Å². The van der Waals surface area contributed by atoms with E-state index in [1.54, 1.807) is 12.1 Å². The number of amides is 2. The lowest BCUT2D eigenvalue weighted by molar-refractivity contribution is -0.172. The Hall–Kier alpha value is -4.46. The van der Waals surface area contributed by atoms with Gasteiger partial charge in [-0.3, -0.25) is 14.6 Å². The topological polar surface area (TPSA) is 92.4 Å². The molecule has 0 radical (unpaired) electrons. The number of hydroxylamine groups is 2. The maximum atomic E-state index is 13.3. The van der Waals surface area contributed by atoms with Crippen molar-refractivity contribution < 1.29 is 23.6 Å². The molecule has 0 unspecified atom stereocenters. The van der Waals surface area contributed by atoms with Crippen LogP contribution in [0.5, 0.6) is 0 Å². The zero-order valence-electron chi connectivity index (χ0n) is 21.7. The molecule has 0 atom stereocenters. The molecule has 8 nitrogen and oxygen atoms in total. The van der Waals surface area contributed by atoms with Gasteiger partial charge >= 0.3 is 5.97 Å². The zero-order valence-corrected chi connectivity index (χ0v) is 21.7. The van der Waals surface area contributed by atoms with Crippen LogP contribution in [0.4, 0.5) is 5.69 Å². The summed E-state index contributed by atoms with van der Waals surface area (Å²) in [6, 6.07) is 18.8. The van der Waals surface area contributed by atoms with Crippen molar-refractivity contribution in [3.05, 3.63) is 71.6 Å². The van der Waals surface area contributed by atoms with E-state index in [1.165, 1.54) is 0 Å². The van der Waals surface area contributed by atoms with Gasteiger partial charge in [0, 0.05) is 66.8 Å². The summed E-state index contributed by atoms with van der Waals surface area (Å²) < 4.78 is 6.41. The van der Waals surface area contributed by atoms with E-state index in [9.17, 15) is 14.4 Å². The third-order valence-corrected chi connectivity index (χ3v) is 6.75. The molecule has 2 heterocycles. The monoisotopic (exact) mass is 511 g/mol. The van der Waals surface area contributed by atoms with Gasteiger partial charge in [0.25, 0.3) is 11.8 Å². The molecule has 0 aromatic heterocycles. The molecule has 194 valence electrons. The molecule has 0 N–H and O–H groups in total. The van der Waals surface area contributed by atoms with E-state index in [-0.39, 0.29) is 18.4 Å². The fraction of sp³-hybridized carbons (Fsp3) is 0.267. The van der Waals surface area contributed by atoms with Crippen molar-refractivity contribution in [1.82, 2.24) is 5.06 Å². The highest BCUT2D eigenvalue weighted by molar-refractivity contribution is 6.09. The molecule has 1 fully saturated rings. The van der Waals surface area contributed by atoms with Gasteiger partial charge in [-0.25, -0.2) is 4.79 Å². The van der Waals surface area contributed by atoms with Crippen molar-refractivity contribution >= 4 is 34.4 Å². The van der Waals surface area contributed by atoms with Crippen LogP contribution >= 0.6 is 0 Å². The summed E-state index contributed by atoms with van der Waals surface area (Å²) in [5.74, 6) is -1.19. The maximum absolute atomic E-state index is 13.3. The highest BCUT2D eigenvalue weighted by Gasteiger charge is 2.34. The fourth-order valence-electron chi connectivity index (χ4n) is 4.89. The number of benzene rings is 3. The Bertz CT molecular complexity index is 1570. The van der Waals surface area contributed by atoms with Gasteiger partial charge in [0.15, 0.2) is 0 Å². The van der Waals surface area contributed by atoms with Crippen LogP contribution in [0, 0.1) is 0 Å². The number of fused-ring (bicyclic) bond motifs is 2. The Morgan fingerprint density at radius 1 is 0.947 bits per heavy atom. The molecule has 2 aromatic carbocycles. The molecule has 3 aliphatic rings. The Morgan fingerprint density at radius 3 is 2.39 bits per heavy atom. The highest BCUT2D eigenvalue weighted by Crippen LogP contribution is 2.42. The van der Waals surface area contributed by atoms with Gasteiger partial charge in [-0.1, -0.05) is 18.2 Å². The standard InChI is InChI=1S/C30H29N3O5/c1-4-31-19-11-13-23-25(17-19)37-26-18-20(32(5-2)6-3)12-14-24(26)29(23)21-9-7-8-10-22(21)30(36)38-33-27(34)15-16-28(33)35/h7-14,17-18H,4-6,15-16H2,1-3H3. The highest BCUT2D eigenvalue weighted by atomic mass is 16.7. The van der Waals surface area contributed by atoms with Crippen LogP contribution in [0.3, 0.4) is 0 Å². The lowest BCUT2D eigenvalue weighted by Gasteiger charge is -2.23. The summed E-state index contributed by atoms with van der Waals surface area (Å²) in [5, 5.41) is 2.19. The summed E-state index contributed by atoms with van der Waals surface area (Å²) >= 11 is 0. The normalized spacial score (nSPS) is 14.1. The molecule has 0 saturated carbocycles. The molecule has 1 saturated heterocycles. The average Bonchev–Trinajstić information content (AvgIpc) is 3.24. The van der Waals surface area contributed by atoms with E-state index in [4.69, 9.17) is 9.25 Å². The molecular weight excluding hydrogens is 482 g/mol. The predicted octanol–water partition coefficient (Wildman–Crippen LogP) is 5.19. The summed E-state index contributed by atoms with van der Waals surface area (Å²) in [5.41, 5.74) is 4.14. The molecule has 0 bridgehead atoms. The van der Waals surface area contributed by atoms with Crippen LogP contribution in [0.1, 0.15) is 44.0 Å². The smallest absolute Gasteiger partial charge is 0.364 e. The molecule has 2 amide bonds. The van der Waals surface area contributed by atoms with Crippen molar-refractivity contribution in [2.45, 2.75) is 33.6 Å². The van der Waals surface area contributed by atoms with Gasteiger partial charge in [0.2, 0.25) is 0 Å². The first-order valence-electron chi connectivity index (χ1n) is 12.9. The number of hydrogen-bond donors (Lipinski definition) is 0. The van der Waals surface area contributed by atoms with E-state index in [2.05, 4.69) is 23.7 Å². The fourth-order valence-corrected chi connectivity index (χ4v) is 4.89. The number of carbonyl (C=O) groups excluding carboxylic acids is 3. The second kappa shape index (κ2) is 10.5. The van der Waals surface area contributed by atoms with Crippen molar-refractivity contribution in [2.24, 2.45) is 4.99 Å². The number of imide groups is 1. The number of rotatable bonds is 7. The van der Waals surface area contributed by atoms with E-state index in [0.29, 0.717) is 28.5 Å². The molecule has 0 spiro atoms. The minimum Gasteiger partial charge on any atom is -0.456 e. The first kappa shape index (κ1) is 25.2. The van der Waals surface area contributed by atoms with Crippen LogP contribution in [0.15, 0.2) is 70.1 Å². The van der Waals surface area contributed by atoms with Crippen LogP contribution in [0.25, 0.3) is 33.4 Å². The van der Waals surface area contributed by atoms with Crippen LogP contribution in [0.2, 0.25) is 0 Å². The van der Waals surface area contributed by atoms with Gasteiger partial charge in [-0.2, -0.15) is 0 Å². The maximum Gasteiger partial charge on any atom is 0.364 e. The second-order valence-corrected chi connectivity index (χ2v) is 8.99. The quantitative estimate of drug-likeness (QED) is 0.250. The van der Waals surface area contributed by atoms with Crippen molar-refractivity contribution in [3.63, 3.8) is 0 Å². The molecule has 2 aliphatic heterocycles. The molecule has 38 heavy (non-hydrogen) atoms. The zero-order chi connectivity index (χ0) is 26.8. The van der Waals surface area contributed by atoms with E-state index < -0.39 is 17.8 Å². The first-order chi connectivity index (χ1) is 18.4.